The minimum absolute atomic E-state index is 0.204. The van der Waals surface area contributed by atoms with E-state index in [-0.39, 0.29) is 16.8 Å². The van der Waals surface area contributed by atoms with Gasteiger partial charge in [-0.1, -0.05) is 0 Å². The molecule has 1 saturated heterocycles. The quantitative estimate of drug-likeness (QED) is 0.473. The summed E-state index contributed by atoms with van der Waals surface area (Å²) in [6.07, 6.45) is -6.98. The summed E-state index contributed by atoms with van der Waals surface area (Å²) in [6, 6.07) is 5.80. The number of hydrogen-bond acceptors (Lipinski definition) is 10. The summed E-state index contributed by atoms with van der Waals surface area (Å²) < 4.78 is 16.6. The molecule has 0 radical (unpaired) electrons. The number of aromatic nitrogens is 1. The molecular formula is C18H17NO8S. The maximum absolute atomic E-state index is 12.3. The smallest absolute Gasteiger partial charge is 0.229 e. The Morgan fingerprint density at radius 1 is 1.14 bits per heavy atom. The van der Waals surface area contributed by atoms with Crippen molar-refractivity contribution in [2.24, 2.45) is 0 Å². The lowest BCUT2D eigenvalue weighted by atomic mass is 9.99. The van der Waals surface area contributed by atoms with Crippen molar-refractivity contribution in [1.82, 2.24) is 4.98 Å². The van der Waals surface area contributed by atoms with E-state index in [4.69, 9.17) is 13.9 Å². The van der Waals surface area contributed by atoms with Gasteiger partial charge in [0.05, 0.1) is 17.5 Å². The Balaban J connectivity index is 1.65. The lowest BCUT2D eigenvalue weighted by Crippen LogP contribution is -2.60. The van der Waals surface area contributed by atoms with Gasteiger partial charge in [-0.25, -0.2) is 4.98 Å². The highest BCUT2D eigenvalue weighted by Crippen LogP contribution is 2.28. The molecule has 5 atom stereocenters. The fraction of sp³-hybridized carbons (Fsp3) is 0.333. The van der Waals surface area contributed by atoms with Gasteiger partial charge in [0.1, 0.15) is 41.4 Å². The number of ether oxygens (including phenoxy) is 2. The number of aliphatic hydroxyl groups excluding tert-OH is 4. The molecule has 28 heavy (non-hydrogen) atoms. The third kappa shape index (κ3) is 3.41. The molecule has 4 N–H and O–H groups in total. The van der Waals surface area contributed by atoms with Crippen molar-refractivity contribution in [3.05, 3.63) is 45.4 Å². The van der Waals surface area contributed by atoms with Crippen molar-refractivity contribution in [3.8, 4) is 17.2 Å². The zero-order chi connectivity index (χ0) is 19.8. The zero-order valence-electron chi connectivity index (χ0n) is 14.3. The van der Waals surface area contributed by atoms with Crippen LogP contribution in [0.15, 0.2) is 44.4 Å². The molecule has 0 spiro atoms. The van der Waals surface area contributed by atoms with Crippen molar-refractivity contribution < 1.29 is 34.3 Å². The number of aliphatic hydroxyl groups is 4. The van der Waals surface area contributed by atoms with E-state index in [0.29, 0.717) is 16.8 Å². The van der Waals surface area contributed by atoms with Crippen LogP contribution in [0, 0.1) is 0 Å². The lowest BCUT2D eigenvalue weighted by Gasteiger charge is -2.39. The van der Waals surface area contributed by atoms with Gasteiger partial charge in [-0.15, -0.1) is 11.3 Å². The molecule has 0 amide bonds. The maximum Gasteiger partial charge on any atom is 0.229 e. The van der Waals surface area contributed by atoms with E-state index in [1.807, 2.05) is 0 Å². The molecule has 4 rings (SSSR count). The Bertz CT molecular complexity index is 1020. The zero-order valence-corrected chi connectivity index (χ0v) is 15.2. The maximum atomic E-state index is 12.3. The van der Waals surface area contributed by atoms with Crippen molar-refractivity contribution in [3.63, 3.8) is 0 Å². The first-order valence-corrected chi connectivity index (χ1v) is 9.36. The molecule has 1 aliphatic heterocycles. The summed E-state index contributed by atoms with van der Waals surface area (Å²) >= 11 is 1.37. The van der Waals surface area contributed by atoms with Crippen LogP contribution in [-0.2, 0) is 4.74 Å². The second kappa shape index (κ2) is 7.59. The first-order valence-electron chi connectivity index (χ1n) is 8.41. The number of rotatable bonds is 4. The van der Waals surface area contributed by atoms with Gasteiger partial charge in [0.25, 0.3) is 0 Å². The van der Waals surface area contributed by atoms with E-state index in [9.17, 15) is 25.2 Å². The first-order chi connectivity index (χ1) is 13.5. The fourth-order valence-corrected chi connectivity index (χ4v) is 3.51. The fourth-order valence-electron chi connectivity index (χ4n) is 2.97. The highest BCUT2D eigenvalue weighted by atomic mass is 32.1. The summed E-state index contributed by atoms with van der Waals surface area (Å²) in [5.74, 6) is 0.513. The number of nitrogens with zero attached hydrogens (tertiary/aromatic N) is 1. The van der Waals surface area contributed by atoms with Crippen LogP contribution in [-0.4, -0.2) is 62.7 Å². The van der Waals surface area contributed by atoms with Gasteiger partial charge in [-0.2, -0.15) is 0 Å². The van der Waals surface area contributed by atoms with Gasteiger partial charge >= 0.3 is 0 Å². The highest BCUT2D eigenvalue weighted by Gasteiger charge is 2.44. The molecule has 1 fully saturated rings. The SMILES string of the molecule is O=c1cc(-c2cscn2)oc2cc(O[C@@H]3O[C@@H](CO)[C@@H](O)[C@@H](O)[C@H]3O)ccc12. The van der Waals surface area contributed by atoms with E-state index in [1.165, 1.54) is 35.6 Å². The summed E-state index contributed by atoms with van der Waals surface area (Å²) in [7, 11) is 0. The Hall–Kier alpha value is -2.34. The van der Waals surface area contributed by atoms with Gasteiger partial charge in [0.2, 0.25) is 6.29 Å². The molecule has 2 aromatic heterocycles. The summed E-state index contributed by atoms with van der Waals surface area (Å²) in [4.78, 5) is 16.5. The predicted octanol–water partition coefficient (Wildman–Crippen LogP) is 0.0952. The van der Waals surface area contributed by atoms with Crippen molar-refractivity contribution in [2.75, 3.05) is 6.61 Å². The number of fused-ring (bicyclic) bond motifs is 1. The van der Waals surface area contributed by atoms with E-state index in [0.717, 1.165) is 0 Å². The summed E-state index contributed by atoms with van der Waals surface area (Å²) in [5, 5.41) is 41.1. The van der Waals surface area contributed by atoms with Crippen LogP contribution in [0.5, 0.6) is 5.75 Å². The van der Waals surface area contributed by atoms with Crippen molar-refractivity contribution in [2.45, 2.75) is 30.7 Å². The summed E-state index contributed by atoms with van der Waals surface area (Å²) in [6.45, 7) is -0.561. The van der Waals surface area contributed by atoms with Crippen LogP contribution in [0.4, 0.5) is 0 Å². The Kier molecular flexibility index (Phi) is 5.15. The topological polar surface area (TPSA) is 142 Å². The molecule has 10 heteroatoms. The molecule has 1 aromatic carbocycles. The van der Waals surface area contributed by atoms with Crippen LogP contribution in [0.2, 0.25) is 0 Å². The van der Waals surface area contributed by atoms with Gasteiger partial charge in [0.15, 0.2) is 11.2 Å². The molecule has 0 saturated carbocycles. The first kappa shape index (κ1) is 19.0. The normalized spacial score (nSPS) is 27.8. The minimum atomic E-state index is -1.55. The number of hydrogen-bond donors (Lipinski definition) is 4. The van der Waals surface area contributed by atoms with Gasteiger partial charge in [-0.3, -0.25) is 4.79 Å². The molecular weight excluding hydrogens is 390 g/mol. The Labute approximate surface area is 162 Å². The van der Waals surface area contributed by atoms with E-state index >= 15 is 0 Å². The number of benzene rings is 1. The standard InChI is InChI=1S/C18H17NO8S/c20-5-14-15(22)16(23)17(24)18(27-14)25-8-1-2-9-11(21)4-13(26-12(9)3-8)10-6-28-7-19-10/h1-4,6-7,14-18,20,22-24H,5H2/t14-,15+,16+,17+,18+/m0/s1. The minimum Gasteiger partial charge on any atom is -0.462 e. The lowest BCUT2D eigenvalue weighted by molar-refractivity contribution is -0.277. The molecule has 0 unspecified atom stereocenters. The summed E-state index contributed by atoms with van der Waals surface area (Å²) in [5.41, 5.74) is 2.16. The third-order valence-electron chi connectivity index (χ3n) is 4.49. The number of thiazole rings is 1. The van der Waals surface area contributed by atoms with Gasteiger partial charge in [-0.05, 0) is 12.1 Å². The average Bonchev–Trinajstić information content (AvgIpc) is 3.23. The molecule has 3 aromatic rings. The molecule has 0 aliphatic carbocycles. The second-order valence-corrected chi connectivity index (χ2v) is 7.04. The largest absolute Gasteiger partial charge is 0.462 e. The molecule has 1 aliphatic rings. The second-order valence-electron chi connectivity index (χ2n) is 6.32. The van der Waals surface area contributed by atoms with Crippen LogP contribution < -0.4 is 10.2 Å². The van der Waals surface area contributed by atoms with Crippen LogP contribution in [0.25, 0.3) is 22.4 Å². The average molecular weight is 407 g/mol. The van der Waals surface area contributed by atoms with Gasteiger partial charge in [0, 0.05) is 17.5 Å². The highest BCUT2D eigenvalue weighted by molar-refractivity contribution is 7.07. The monoisotopic (exact) mass is 407 g/mol. The molecule has 3 heterocycles. The van der Waals surface area contributed by atoms with Gasteiger partial charge < -0.3 is 34.3 Å². The van der Waals surface area contributed by atoms with Crippen molar-refractivity contribution in [1.29, 1.82) is 0 Å². The van der Waals surface area contributed by atoms with Crippen molar-refractivity contribution >= 4 is 22.3 Å². The van der Waals surface area contributed by atoms with E-state index in [1.54, 1.807) is 10.9 Å². The molecule has 0 bridgehead atoms. The Morgan fingerprint density at radius 2 is 1.96 bits per heavy atom. The van der Waals surface area contributed by atoms with E-state index < -0.39 is 37.3 Å². The predicted molar refractivity (Wildman–Crippen MR) is 98.0 cm³/mol. The van der Waals surface area contributed by atoms with Crippen LogP contribution >= 0.6 is 11.3 Å². The molecule has 9 nitrogen and oxygen atoms in total. The van der Waals surface area contributed by atoms with E-state index in [2.05, 4.69) is 4.98 Å². The van der Waals surface area contributed by atoms with Crippen LogP contribution in [0.1, 0.15) is 0 Å². The molecule has 148 valence electrons. The Morgan fingerprint density at radius 3 is 2.68 bits per heavy atom. The third-order valence-corrected chi connectivity index (χ3v) is 5.07. The van der Waals surface area contributed by atoms with Crippen LogP contribution in [0.3, 0.4) is 0 Å².